The summed E-state index contributed by atoms with van der Waals surface area (Å²) in [4.78, 5) is 26.3. The molecule has 1 amide bonds. The van der Waals surface area contributed by atoms with Crippen molar-refractivity contribution in [3.05, 3.63) is 12.2 Å². The average molecular weight is 334 g/mol. The minimum atomic E-state index is -4.69. The summed E-state index contributed by atoms with van der Waals surface area (Å²) in [6.45, 7) is -0.514. The van der Waals surface area contributed by atoms with E-state index in [0.29, 0.717) is 12.8 Å². The summed E-state index contributed by atoms with van der Waals surface area (Å²) in [5.74, 6) is -3.35. The lowest BCUT2D eigenvalue weighted by atomic mass is 9.84. The molecule has 1 aliphatic rings. The molecule has 0 spiro atoms. The van der Waals surface area contributed by atoms with Crippen LogP contribution in [0.2, 0.25) is 0 Å². The molecule has 1 aromatic heterocycles. The molecule has 0 radical (unpaired) electrons. The van der Waals surface area contributed by atoms with Crippen molar-refractivity contribution in [1.82, 2.24) is 20.1 Å². The molecule has 0 unspecified atom stereocenters. The molecule has 0 saturated heterocycles. The average Bonchev–Trinajstić information content (AvgIpc) is 2.94. The number of halogens is 3. The number of carboxylic acid groups (broad SMARTS) is 1. The van der Waals surface area contributed by atoms with Crippen LogP contribution < -0.4 is 5.32 Å². The highest BCUT2D eigenvalue weighted by atomic mass is 19.4. The lowest BCUT2D eigenvalue weighted by Gasteiger charge is -2.27. The van der Waals surface area contributed by atoms with E-state index in [1.807, 2.05) is 0 Å². The maximum absolute atomic E-state index is 12.4. The molecule has 1 fully saturated rings. The first-order valence-corrected chi connectivity index (χ1v) is 7.26. The summed E-state index contributed by atoms with van der Waals surface area (Å²) < 4.78 is 37.9. The molecule has 2 rings (SSSR count). The Labute approximate surface area is 129 Å². The number of carboxylic acids is 1. The van der Waals surface area contributed by atoms with Gasteiger partial charge in [0.25, 0.3) is 5.82 Å². The van der Waals surface area contributed by atoms with Crippen molar-refractivity contribution in [1.29, 1.82) is 0 Å². The van der Waals surface area contributed by atoms with Gasteiger partial charge in [0, 0.05) is 0 Å². The summed E-state index contributed by atoms with van der Waals surface area (Å²) in [5, 5.41) is 14.8. The fourth-order valence-corrected chi connectivity index (χ4v) is 2.72. The Bertz CT molecular complexity index is 567. The molecule has 23 heavy (non-hydrogen) atoms. The topological polar surface area (TPSA) is 97.1 Å². The first kappa shape index (κ1) is 17.2. The smallest absolute Gasteiger partial charge is 0.453 e. The summed E-state index contributed by atoms with van der Waals surface area (Å²) in [6, 6.07) is -1.03. The Kier molecular flexibility index (Phi) is 5.22. The van der Waals surface area contributed by atoms with Gasteiger partial charge in [0.2, 0.25) is 5.91 Å². The van der Waals surface area contributed by atoms with E-state index in [1.54, 1.807) is 0 Å². The second-order valence-corrected chi connectivity index (χ2v) is 5.55. The fourth-order valence-electron chi connectivity index (χ4n) is 2.72. The SMILES string of the molecule is O=C(Cn1cnc(C(F)(F)F)n1)N[C@@H](C(=O)O)C1CCCCC1. The third-order valence-corrected chi connectivity index (χ3v) is 3.80. The highest BCUT2D eigenvalue weighted by molar-refractivity contribution is 5.83. The number of aromatic nitrogens is 3. The van der Waals surface area contributed by atoms with Gasteiger partial charge in [0.1, 0.15) is 18.9 Å². The van der Waals surface area contributed by atoms with Crippen LogP contribution in [0.5, 0.6) is 0 Å². The number of aliphatic carboxylic acids is 1. The second kappa shape index (κ2) is 6.97. The van der Waals surface area contributed by atoms with Crippen LogP contribution in [0.25, 0.3) is 0 Å². The maximum Gasteiger partial charge on any atom is 0.453 e. The molecule has 0 bridgehead atoms. The van der Waals surface area contributed by atoms with Gasteiger partial charge in [-0.05, 0) is 18.8 Å². The Morgan fingerprint density at radius 3 is 2.52 bits per heavy atom. The molecule has 7 nitrogen and oxygen atoms in total. The fraction of sp³-hybridized carbons (Fsp3) is 0.692. The van der Waals surface area contributed by atoms with Gasteiger partial charge in [0.05, 0.1) is 0 Å². The summed E-state index contributed by atoms with van der Waals surface area (Å²) in [6.07, 6.45) is 0.366. The van der Waals surface area contributed by atoms with Crippen molar-refractivity contribution in [2.75, 3.05) is 0 Å². The van der Waals surface area contributed by atoms with E-state index in [1.165, 1.54) is 0 Å². The molecule has 0 aliphatic heterocycles. The molecule has 1 heterocycles. The molecule has 1 aliphatic carbocycles. The first-order valence-electron chi connectivity index (χ1n) is 7.26. The van der Waals surface area contributed by atoms with Crippen LogP contribution in [0.3, 0.4) is 0 Å². The third kappa shape index (κ3) is 4.67. The van der Waals surface area contributed by atoms with Gasteiger partial charge < -0.3 is 10.4 Å². The van der Waals surface area contributed by atoms with Gasteiger partial charge in [-0.25, -0.2) is 14.5 Å². The number of nitrogens with one attached hydrogen (secondary N) is 1. The van der Waals surface area contributed by atoms with Gasteiger partial charge in [-0.3, -0.25) is 4.79 Å². The lowest BCUT2D eigenvalue weighted by molar-refractivity contribution is -0.145. The summed E-state index contributed by atoms with van der Waals surface area (Å²) in [7, 11) is 0. The molecular formula is C13H17F3N4O3. The van der Waals surface area contributed by atoms with E-state index >= 15 is 0 Å². The van der Waals surface area contributed by atoms with Crippen molar-refractivity contribution in [2.45, 2.75) is 50.9 Å². The van der Waals surface area contributed by atoms with Gasteiger partial charge in [-0.1, -0.05) is 19.3 Å². The number of carbonyl (C=O) groups excluding carboxylic acids is 1. The Morgan fingerprint density at radius 2 is 2.00 bits per heavy atom. The zero-order valence-corrected chi connectivity index (χ0v) is 12.2. The van der Waals surface area contributed by atoms with Crippen molar-refractivity contribution >= 4 is 11.9 Å². The monoisotopic (exact) mass is 334 g/mol. The molecule has 1 saturated carbocycles. The van der Waals surface area contributed by atoms with Gasteiger partial charge in [-0.15, -0.1) is 5.10 Å². The van der Waals surface area contributed by atoms with Crippen LogP contribution in [-0.4, -0.2) is 37.8 Å². The first-order chi connectivity index (χ1) is 10.8. The number of carbonyl (C=O) groups is 2. The van der Waals surface area contributed by atoms with Crippen molar-refractivity contribution in [3.63, 3.8) is 0 Å². The standard InChI is InChI=1S/C13H17F3N4O3/c14-13(15,16)12-17-7-20(19-12)6-9(21)18-10(11(22)23)8-4-2-1-3-5-8/h7-8,10H,1-6H2,(H,18,21)(H,22,23)/t10-/m1/s1. The van der Waals surface area contributed by atoms with Crippen LogP contribution in [0.1, 0.15) is 37.9 Å². The highest BCUT2D eigenvalue weighted by Crippen LogP contribution is 2.27. The Morgan fingerprint density at radius 1 is 1.35 bits per heavy atom. The minimum absolute atomic E-state index is 0.160. The minimum Gasteiger partial charge on any atom is -0.480 e. The predicted octanol–water partition coefficient (Wildman–Crippen LogP) is 1.45. The van der Waals surface area contributed by atoms with E-state index in [9.17, 15) is 27.9 Å². The molecule has 1 atom stereocenters. The van der Waals surface area contributed by atoms with Crippen molar-refractivity contribution < 1.29 is 27.9 Å². The number of hydrogen-bond donors (Lipinski definition) is 2. The van der Waals surface area contributed by atoms with Gasteiger partial charge in [-0.2, -0.15) is 13.2 Å². The van der Waals surface area contributed by atoms with Gasteiger partial charge in [0.15, 0.2) is 0 Å². The lowest BCUT2D eigenvalue weighted by Crippen LogP contribution is -2.47. The quantitative estimate of drug-likeness (QED) is 0.849. The second-order valence-electron chi connectivity index (χ2n) is 5.55. The van der Waals surface area contributed by atoms with Crippen LogP contribution in [0.4, 0.5) is 13.2 Å². The molecular weight excluding hydrogens is 317 g/mol. The molecule has 2 N–H and O–H groups in total. The van der Waals surface area contributed by atoms with E-state index in [-0.39, 0.29) is 5.92 Å². The Balaban J connectivity index is 1.96. The Hall–Kier alpha value is -2.13. The molecule has 1 aromatic rings. The zero-order chi connectivity index (χ0) is 17.0. The number of alkyl halides is 3. The summed E-state index contributed by atoms with van der Waals surface area (Å²) in [5.41, 5.74) is 0. The van der Waals surface area contributed by atoms with Crippen LogP contribution in [0.15, 0.2) is 6.33 Å². The van der Waals surface area contributed by atoms with Crippen LogP contribution in [-0.2, 0) is 22.3 Å². The number of nitrogens with zero attached hydrogens (tertiary/aromatic N) is 3. The van der Waals surface area contributed by atoms with E-state index < -0.39 is 36.5 Å². The number of rotatable bonds is 5. The molecule has 128 valence electrons. The summed E-state index contributed by atoms with van der Waals surface area (Å²) >= 11 is 0. The van der Waals surface area contributed by atoms with Crippen LogP contribution >= 0.6 is 0 Å². The van der Waals surface area contributed by atoms with E-state index in [0.717, 1.165) is 30.3 Å². The van der Waals surface area contributed by atoms with E-state index in [2.05, 4.69) is 15.4 Å². The zero-order valence-electron chi connectivity index (χ0n) is 12.2. The largest absolute Gasteiger partial charge is 0.480 e. The molecule has 10 heteroatoms. The van der Waals surface area contributed by atoms with Crippen LogP contribution in [0, 0.1) is 5.92 Å². The third-order valence-electron chi connectivity index (χ3n) is 3.80. The van der Waals surface area contributed by atoms with E-state index in [4.69, 9.17) is 0 Å². The normalized spacial score (nSPS) is 17.7. The maximum atomic E-state index is 12.4. The van der Waals surface area contributed by atoms with Gasteiger partial charge >= 0.3 is 12.1 Å². The van der Waals surface area contributed by atoms with Crippen molar-refractivity contribution in [3.8, 4) is 0 Å². The highest BCUT2D eigenvalue weighted by Gasteiger charge is 2.36. The number of amides is 1. The molecule has 0 aromatic carbocycles. The van der Waals surface area contributed by atoms with Crippen molar-refractivity contribution in [2.24, 2.45) is 5.92 Å². The number of hydrogen-bond acceptors (Lipinski definition) is 4. The predicted molar refractivity (Wildman–Crippen MR) is 71.2 cm³/mol.